The van der Waals surface area contributed by atoms with E-state index in [0.29, 0.717) is 5.56 Å². The summed E-state index contributed by atoms with van der Waals surface area (Å²) < 4.78 is 2.15. The Balaban J connectivity index is 1.51. The normalized spacial score (nSPS) is 12.8. The summed E-state index contributed by atoms with van der Waals surface area (Å²) in [6.45, 7) is 1.50. The lowest BCUT2D eigenvalue weighted by Gasteiger charge is -2.27. The summed E-state index contributed by atoms with van der Waals surface area (Å²) in [4.78, 5) is 4.88. The van der Waals surface area contributed by atoms with Crippen molar-refractivity contribution >= 4 is 22.5 Å². The summed E-state index contributed by atoms with van der Waals surface area (Å²) in [6.07, 6.45) is 2.93. The Bertz CT molecular complexity index is 1470. The molecule has 5 nitrogen and oxygen atoms in total. The van der Waals surface area contributed by atoms with Gasteiger partial charge in [-0.05, 0) is 53.6 Å². The number of nitrogens with one attached hydrogen (secondary N) is 1. The summed E-state index contributed by atoms with van der Waals surface area (Å²) in [5.74, 6) is 1.03. The van der Waals surface area contributed by atoms with Crippen LogP contribution in [0, 0.1) is 11.3 Å². The van der Waals surface area contributed by atoms with Crippen LogP contribution in [0.1, 0.15) is 34.2 Å². The molecule has 1 N–H and O–H groups in total. The van der Waals surface area contributed by atoms with E-state index in [1.165, 1.54) is 16.7 Å². The molecule has 0 saturated heterocycles. The van der Waals surface area contributed by atoms with Crippen LogP contribution < -0.4 is 5.43 Å². The number of pyridine rings is 1. The molecule has 0 aliphatic heterocycles. The Kier molecular flexibility index (Phi) is 5.21. The number of benzene rings is 3. The van der Waals surface area contributed by atoms with E-state index in [0.717, 1.165) is 60.4 Å². The Hall–Kier alpha value is -4.14. The Morgan fingerprint density at radius 3 is 2.12 bits per heavy atom. The molecular formula is C29H25N5. The second kappa shape index (κ2) is 8.66. The van der Waals surface area contributed by atoms with Crippen molar-refractivity contribution in [2.24, 2.45) is 0 Å². The fraction of sp³-hybridized carbons (Fsp3) is 0.172. The molecule has 0 saturated carbocycles. The van der Waals surface area contributed by atoms with Crippen LogP contribution in [0.4, 0.5) is 5.82 Å². The molecule has 5 aromatic rings. The number of fused-ring (bicyclic) bond motifs is 4. The zero-order valence-electron chi connectivity index (χ0n) is 18.9. The quantitative estimate of drug-likeness (QED) is 0.333. The zero-order chi connectivity index (χ0) is 22.9. The first-order valence-corrected chi connectivity index (χ1v) is 11.8. The van der Waals surface area contributed by atoms with E-state index in [-0.39, 0.29) is 0 Å². The Labute approximate surface area is 198 Å². The van der Waals surface area contributed by atoms with Gasteiger partial charge < -0.3 is 5.43 Å². The standard InChI is InChI=1S/C29H25N5/c30-18-25-23-14-9-15-24(23)29(34-27-17-8-7-16-26(27)31-28(25)34)32-33(19-21-10-3-1-4-11-21)20-22-12-5-2-6-13-22/h1-8,10-13,16-17,32H,9,14-15,19-20H2. The monoisotopic (exact) mass is 443 g/mol. The summed E-state index contributed by atoms with van der Waals surface area (Å²) in [5.41, 5.74) is 12.0. The number of anilines is 1. The van der Waals surface area contributed by atoms with Crippen molar-refractivity contribution in [2.75, 3.05) is 5.43 Å². The molecule has 0 radical (unpaired) electrons. The molecule has 0 atom stereocenters. The smallest absolute Gasteiger partial charge is 0.157 e. The third-order valence-electron chi connectivity index (χ3n) is 6.62. The van der Waals surface area contributed by atoms with Crippen LogP contribution in [0.25, 0.3) is 16.7 Å². The van der Waals surface area contributed by atoms with Crippen LogP contribution in [-0.4, -0.2) is 14.4 Å². The minimum absolute atomic E-state index is 0.715. The van der Waals surface area contributed by atoms with Gasteiger partial charge in [-0.1, -0.05) is 72.8 Å². The zero-order valence-corrected chi connectivity index (χ0v) is 18.9. The number of hydrogen-bond donors (Lipinski definition) is 1. The van der Waals surface area contributed by atoms with Gasteiger partial charge in [-0.25, -0.2) is 9.99 Å². The predicted octanol–water partition coefficient (Wildman–Crippen LogP) is 5.88. The van der Waals surface area contributed by atoms with Gasteiger partial charge in [0.25, 0.3) is 0 Å². The number of hydrogen-bond acceptors (Lipinski definition) is 4. The van der Waals surface area contributed by atoms with Gasteiger partial charge in [0, 0.05) is 13.1 Å². The molecule has 34 heavy (non-hydrogen) atoms. The first kappa shape index (κ1) is 20.5. The van der Waals surface area contributed by atoms with Crippen molar-refractivity contribution in [1.82, 2.24) is 14.4 Å². The molecular weight excluding hydrogens is 418 g/mol. The number of para-hydroxylation sites is 2. The molecule has 0 bridgehead atoms. The predicted molar refractivity (Wildman–Crippen MR) is 135 cm³/mol. The van der Waals surface area contributed by atoms with Gasteiger partial charge in [-0.3, -0.25) is 4.40 Å². The second-order valence-corrected chi connectivity index (χ2v) is 8.84. The highest BCUT2D eigenvalue weighted by molar-refractivity contribution is 5.86. The molecule has 0 spiro atoms. The molecule has 2 heterocycles. The number of aromatic nitrogens is 2. The van der Waals surface area contributed by atoms with E-state index in [9.17, 15) is 5.26 Å². The lowest BCUT2D eigenvalue weighted by atomic mass is 10.1. The van der Waals surface area contributed by atoms with E-state index in [2.05, 4.69) is 75.5 Å². The second-order valence-electron chi connectivity index (χ2n) is 8.84. The minimum Gasteiger partial charge on any atom is -0.303 e. The van der Waals surface area contributed by atoms with E-state index >= 15 is 0 Å². The molecule has 5 heteroatoms. The van der Waals surface area contributed by atoms with Crippen molar-refractivity contribution in [3.63, 3.8) is 0 Å². The van der Waals surface area contributed by atoms with E-state index < -0.39 is 0 Å². The van der Waals surface area contributed by atoms with Gasteiger partial charge in [0.1, 0.15) is 11.9 Å². The summed E-state index contributed by atoms with van der Waals surface area (Å²) in [7, 11) is 0. The molecule has 0 unspecified atom stereocenters. The highest BCUT2D eigenvalue weighted by atomic mass is 15.5. The number of nitrogens with zero attached hydrogens (tertiary/aromatic N) is 4. The van der Waals surface area contributed by atoms with Crippen LogP contribution in [0.5, 0.6) is 0 Å². The van der Waals surface area contributed by atoms with E-state index in [1.807, 2.05) is 30.3 Å². The Morgan fingerprint density at radius 2 is 1.44 bits per heavy atom. The third kappa shape index (κ3) is 3.59. The molecule has 1 aliphatic rings. The number of nitriles is 1. The molecule has 2 aromatic heterocycles. The van der Waals surface area contributed by atoms with Crippen molar-refractivity contribution in [1.29, 1.82) is 5.26 Å². The first-order valence-electron chi connectivity index (χ1n) is 11.8. The van der Waals surface area contributed by atoms with Gasteiger partial charge in [0.2, 0.25) is 0 Å². The van der Waals surface area contributed by atoms with Crippen molar-refractivity contribution in [2.45, 2.75) is 32.4 Å². The van der Waals surface area contributed by atoms with Crippen LogP contribution in [0.15, 0.2) is 84.9 Å². The van der Waals surface area contributed by atoms with E-state index in [1.54, 1.807) is 0 Å². The SMILES string of the molecule is N#Cc1c2c(c(NN(Cc3ccccc3)Cc3ccccc3)n3c1nc1ccccc13)CCC2. The maximum atomic E-state index is 10.1. The average molecular weight is 444 g/mol. The lowest BCUT2D eigenvalue weighted by Crippen LogP contribution is -2.31. The van der Waals surface area contributed by atoms with Crippen molar-refractivity contribution in [3.05, 3.63) is 113 Å². The topological polar surface area (TPSA) is 56.4 Å². The molecule has 3 aromatic carbocycles. The molecule has 6 rings (SSSR count). The van der Waals surface area contributed by atoms with Gasteiger partial charge >= 0.3 is 0 Å². The maximum absolute atomic E-state index is 10.1. The van der Waals surface area contributed by atoms with Crippen molar-refractivity contribution in [3.8, 4) is 6.07 Å². The molecule has 0 fully saturated rings. The summed E-state index contributed by atoms with van der Waals surface area (Å²) in [5, 5.41) is 12.3. The van der Waals surface area contributed by atoms with Crippen LogP contribution in [0.3, 0.4) is 0 Å². The molecule has 0 amide bonds. The Morgan fingerprint density at radius 1 is 0.824 bits per heavy atom. The van der Waals surface area contributed by atoms with Crippen LogP contribution in [0.2, 0.25) is 0 Å². The third-order valence-corrected chi connectivity index (χ3v) is 6.62. The fourth-order valence-electron chi connectivity index (χ4n) is 5.10. The van der Waals surface area contributed by atoms with Gasteiger partial charge in [-0.15, -0.1) is 0 Å². The average Bonchev–Trinajstić information content (AvgIpc) is 3.51. The number of imidazole rings is 1. The number of hydrazine groups is 1. The fourth-order valence-corrected chi connectivity index (χ4v) is 5.10. The van der Waals surface area contributed by atoms with Crippen molar-refractivity contribution < 1.29 is 0 Å². The van der Waals surface area contributed by atoms with E-state index in [4.69, 9.17) is 4.98 Å². The van der Waals surface area contributed by atoms with Gasteiger partial charge in [0.05, 0.1) is 16.6 Å². The van der Waals surface area contributed by atoms with Crippen LogP contribution >= 0.6 is 0 Å². The molecule has 166 valence electrons. The first-order chi connectivity index (χ1) is 16.8. The number of rotatable bonds is 6. The van der Waals surface area contributed by atoms with Gasteiger partial charge in [-0.2, -0.15) is 5.26 Å². The lowest BCUT2D eigenvalue weighted by molar-refractivity contribution is 0.311. The maximum Gasteiger partial charge on any atom is 0.157 e. The highest BCUT2D eigenvalue weighted by Crippen LogP contribution is 2.36. The summed E-state index contributed by atoms with van der Waals surface area (Å²) >= 11 is 0. The highest BCUT2D eigenvalue weighted by Gasteiger charge is 2.26. The summed E-state index contributed by atoms with van der Waals surface area (Å²) in [6, 6.07) is 31.7. The molecule has 1 aliphatic carbocycles. The minimum atomic E-state index is 0.715. The van der Waals surface area contributed by atoms with Crippen LogP contribution in [-0.2, 0) is 25.9 Å². The van der Waals surface area contributed by atoms with Gasteiger partial charge in [0.15, 0.2) is 5.65 Å². The largest absolute Gasteiger partial charge is 0.303 e.